The number of nitrogens with two attached hydrogens (primary N) is 1. The van der Waals surface area contributed by atoms with E-state index in [9.17, 15) is 9.18 Å². The van der Waals surface area contributed by atoms with Crippen molar-refractivity contribution in [1.29, 1.82) is 0 Å². The summed E-state index contributed by atoms with van der Waals surface area (Å²) in [7, 11) is 0. The first-order valence-electron chi connectivity index (χ1n) is 5.35. The van der Waals surface area contributed by atoms with Crippen molar-refractivity contribution in [2.75, 3.05) is 5.73 Å². The zero-order valence-electron chi connectivity index (χ0n) is 9.71. The highest BCUT2D eigenvalue weighted by atomic mass is 35.5. The van der Waals surface area contributed by atoms with Gasteiger partial charge in [0, 0.05) is 11.3 Å². The van der Waals surface area contributed by atoms with Crippen LogP contribution in [0.15, 0.2) is 36.4 Å². The molecule has 0 bridgehead atoms. The Morgan fingerprint density at radius 2 is 2.00 bits per heavy atom. The van der Waals surface area contributed by atoms with Crippen LogP contribution in [0, 0.1) is 12.7 Å². The lowest BCUT2D eigenvalue weighted by Crippen LogP contribution is -2.06. The lowest BCUT2D eigenvalue weighted by Gasteiger charge is -2.07. The fourth-order valence-corrected chi connectivity index (χ4v) is 1.92. The standard InChI is InChI=1S/C14H11ClFNO/c1-8-7-9(5-6-12(8)17)14(18)13-10(15)3-2-4-11(13)16/h2-7H,17H2,1H3. The van der Waals surface area contributed by atoms with E-state index in [1.807, 2.05) is 0 Å². The fraction of sp³-hybridized carbons (Fsp3) is 0.0714. The molecule has 0 heterocycles. The fourth-order valence-electron chi connectivity index (χ4n) is 1.68. The van der Waals surface area contributed by atoms with E-state index in [-0.39, 0.29) is 10.6 Å². The van der Waals surface area contributed by atoms with Crippen molar-refractivity contribution in [2.24, 2.45) is 0 Å². The van der Waals surface area contributed by atoms with Gasteiger partial charge in [-0.15, -0.1) is 0 Å². The third kappa shape index (κ3) is 2.22. The van der Waals surface area contributed by atoms with Crippen LogP contribution in [0.5, 0.6) is 0 Å². The molecule has 4 heteroatoms. The number of aryl methyl sites for hydroxylation is 1. The number of rotatable bonds is 2. The number of hydrogen-bond donors (Lipinski definition) is 1. The van der Waals surface area contributed by atoms with Gasteiger partial charge in [-0.2, -0.15) is 0 Å². The maximum absolute atomic E-state index is 13.6. The van der Waals surface area contributed by atoms with Gasteiger partial charge in [-0.1, -0.05) is 17.7 Å². The maximum Gasteiger partial charge on any atom is 0.197 e. The van der Waals surface area contributed by atoms with Crippen LogP contribution < -0.4 is 5.73 Å². The second-order valence-corrected chi connectivity index (χ2v) is 4.40. The van der Waals surface area contributed by atoms with Crippen LogP contribution in [0.3, 0.4) is 0 Å². The molecular weight excluding hydrogens is 253 g/mol. The molecule has 2 nitrogen and oxygen atoms in total. The molecule has 2 aromatic rings. The van der Waals surface area contributed by atoms with E-state index in [0.29, 0.717) is 11.3 Å². The molecule has 2 aromatic carbocycles. The van der Waals surface area contributed by atoms with Crippen molar-refractivity contribution in [1.82, 2.24) is 0 Å². The molecular formula is C14H11ClFNO. The smallest absolute Gasteiger partial charge is 0.197 e. The minimum absolute atomic E-state index is 0.106. The van der Waals surface area contributed by atoms with E-state index in [1.165, 1.54) is 18.2 Å². The Hall–Kier alpha value is -1.87. The Balaban J connectivity index is 2.51. The summed E-state index contributed by atoms with van der Waals surface area (Å²) in [6.07, 6.45) is 0. The normalized spacial score (nSPS) is 10.4. The minimum atomic E-state index is -0.623. The molecule has 0 amide bonds. The predicted molar refractivity (Wildman–Crippen MR) is 70.4 cm³/mol. The van der Waals surface area contributed by atoms with Gasteiger partial charge < -0.3 is 5.73 Å². The summed E-state index contributed by atoms with van der Waals surface area (Å²) in [5.74, 6) is -1.07. The largest absolute Gasteiger partial charge is 0.399 e. The molecule has 0 atom stereocenters. The van der Waals surface area contributed by atoms with Crippen molar-refractivity contribution < 1.29 is 9.18 Å². The second kappa shape index (κ2) is 4.78. The molecule has 2 rings (SSSR count). The Kier molecular flexibility index (Phi) is 3.34. The monoisotopic (exact) mass is 263 g/mol. The van der Waals surface area contributed by atoms with Crippen molar-refractivity contribution in [2.45, 2.75) is 6.92 Å². The zero-order valence-corrected chi connectivity index (χ0v) is 10.5. The molecule has 0 aromatic heterocycles. The van der Waals surface area contributed by atoms with Gasteiger partial charge in [-0.3, -0.25) is 4.79 Å². The molecule has 92 valence electrons. The van der Waals surface area contributed by atoms with E-state index >= 15 is 0 Å². The number of nitrogen functional groups attached to an aromatic ring is 1. The molecule has 0 spiro atoms. The van der Waals surface area contributed by atoms with Crippen LogP contribution in [0.4, 0.5) is 10.1 Å². The quantitative estimate of drug-likeness (QED) is 0.664. The SMILES string of the molecule is Cc1cc(C(=O)c2c(F)cccc2Cl)ccc1N. The summed E-state index contributed by atoms with van der Waals surface area (Å²) < 4.78 is 13.6. The number of carbonyl (C=O) groups is 1. The number of ketones is 1. The molecule has 18 heavy (non-hydrogen) atoms. The Morgan fingerprint density at radius 1 is 1.28 bits per heavy atom. The van der Waals surface area contributed by atoms with Crippen molar-refractivity contribution in [3.05, 3.63) is 63.9 Å². The van der Waals surface area contributed by atoms with Gasteiger partial charge in [0.15, 0.2) is 5.78 Å². The summed E-state index contributed by atoms with van der Waals surface area (Å²) in [4.78, 5) is 12.2. The molecule has 0 aliphatic carbocycles. The zero-order chi connectivity index (χ0) is 13.3. The van der Waals surface area contributed by atoms with Crippen molar-refractivity contribution in [3.8, 4) is 0 Å². The lowest BCUT2D eigenvalue weighted by molar-refractivity contribution is 0.103. The van der Waals surface area contributed by atoms with Crippen LogP contribution in [-0.2, 0) is 0 Å². The van der Waals surface area contributed by atoms with E-state index < -0.39 is 11.6 Å². The van der Waals surface area contributed by atoms with Gasteiger partial charge in [0.1, 0.15) is 5.82 Å². The number of hydrogen-bond acceptors (Lipinski definition) is 2. The number of halogens is 2. The van der Waals surface area contributed by atoms with Crippen LogP contribution in [0.2, 0.25) is 5.02 Å². The van der Waals surface area contributed by atoms with Gasteiger partial charge in [-0.05, 0) is 42.8 Å². The minimum Gasteiger partial charge on any atom is -0.399 e. The molecule has 0 radical (unpaired) electrons. The van der Waals surface area contributed by atoms with Crippen LogP contribution in [0.25, 0.3) is 0 Å². The van der Waals surface area contributed by atoms with Crippen LogP contribution in [-0.4, -0.2) is 5.78 Å². The van der Waals surface area contributed by atoms with Crippen molar-refractivity contribution >= 4 is 23.1 Å². The van der Waals surface area contributed by atoms with Gasteiger partial charge >= 0.3 is 0 Å². The van der Waals surface area contributed by atoms with E-state index in [1.54, 1.807) is 25.1 Å². The molecule has 2 N–H and O–H groups in total. The van der Waals surface area contributed by atoms with Gasteiger partial charge in [0.25, 0.3) is 0 Å². The molecule has 0 saturated carbocycles. The lowest BCUT2D eigenvalue weighted by atomic mass is 10.0. The molecule has 0 aliphatic rings. The summed E-state index contributed by atoms with van der Waals surface area (Å²) in [6.45, 7) is 1.79. The molecule has 0 saturated heterocycles. The average molecular weight is 264 g/mol. The summed E-state index contributed by atoms with van der Waals surface area (Å²) in [5.41, 5.74) is 7.30. The Morgan fingerprint density at radius 3 is 2.61 bits per heavy atom. The number of anilines is 1. The Labute approximate surface area is 109 Å². The molecule has 0 unspecified atom stereocenters. The number of benzene rings is 2. The van der Waals surface area contributed by atoms with E-state index in [0.717, 1.165) is 5.56 Å². The van der Waals surface area contributed by atoms with Gasteiger partial charge in [0.2, 0.25) is 0 Å². The second-order valence-electron chi connectivity index (χ2n) is 4.00. The predicted octanol–water partition coefficient (Wildman–Crippen LogP) is 3.60. The maximum atomic E-state index is 13.6. The highest BCUT2D eigenvalue weighted by Crippen LogP contribution is 2.23. The van der Waals surface area contributed by atoms with Crippen molar-refractivity contribution in [3.63, 3.8) is 0 Å². The topological polar surface area (TPSA) is 43.1 Å². The van der Waals surface area contributed by atoms with E-state index in [4.69, 9.17) is 17.3 Å². The summed E-state index contributed by atoms with van der Waals surface area (Å²) in [5, 5.41) is 0.106. The van der Waals surface area contributed by atoms with Gasteiger partial charge in [0.05, 0.1) is 10.6 Å². The molecule has 0 fully saturated rings. The highest BCUT2D eigenvalue weighted by molar-refractivity contribution is 6.35. The number of carbonyl (C=O) groups excluding carboxylic acids is 1. The summed E-state index contributed by atoms with van der Waals surface area (Å²) in [6, 6.07) is 8.97. The van der Waals surface area contributed by atoms with Crippen LogP contribution >= 0.6 is 11.6 Å². The third-order valence-electron chi connectivity index (χ3n) is 2.72. The first-order valence-corrected chi connectivity index (χ1v) is 5.73. The van der Waals surface area contributed by atoms with Gasteiger partial charge in [-0.25, -0.2) is 4.39 Å². The first-order chi connectivity index (χ1) is 8.50. The third-order valence-corrected chi connectivity index (χ3v) is 3.04. The molecule has 0 aliphatic heterocycles. The highest BCUT2D eigenvalue weighted by Gasteiger charge is 2.17. The first kappa shape index (κ1) is 12.6. The van der Waals surface area contributed by atoms with Crippen LogP contribution in [0.1, 0.15) is 21.5 Å². The average Bonchev–Trinajstić information content (AvgIpc) is 2.32. The summed E-state index contributed by atoms with van der Waals surface area (Å²) >= 11 is 5.86. The van der Waals surface area contributed by atoms with E-state index in [2.05, 4.69) is 0 Å². The Bertz CT molecular complexity index is 605.